The van der Waals surface area contributed by atoms with Crippen LogP contribution in [0, 0.1) is 0 Å². The lowest BCUT2D eigenvalue weighted by Gasteiger charge is -2.13. The number of aryl methyl sites for hydroxylation is 2. The minimum absolute atomic E-state index is 0.00935. The van der Waals surface area contributed by atoms with Gasteiger partial charge in [-0.1, -0.05) is 35.1 Å². The molecule has 0 N–H and O–H groups in total. The van der Waals surface area contributed by atoms with E-state index in [0.717, 1.165) is 35.2 Å². The molecule has 9 heteroatoms. The summed E-state index contributed by atoms with van der Waals surface area (Å²) in [4.78, 5) is 25.2. The number of thioether (sulfide) groups is 1. The van der Waals surface area contributed by atoms with E-state index in [9.17, 15) is 4.79 Å². The van der Waals surface area contributed by atoms with Gasteiger partial charge in [0, 0.05) is 4.88 Å². The summed E-state index contributed by atoms with van der Waals surface area (Å²) in [6, 6.07) is 13.2. The van der Waals surface area contributed by atoms with E-state index in [0.29, 0.717) is 28.4 Å². The van der Waals surface area contributed by atoms with Crippen LogP contribution in [0.1, 0.15) is 29.2 Å². The molecule has 0 atom stereocenters. The molecule has 1 aliphatic carbocycles. The lowest BCUT2D eigenvalue weighted by atomic mass is 9.97. The van der Waals surface area contributed by atoms with E-state index >= 15 is 0 Å². The van der Waals surface area contributed by atoms with Gasteiger partial charge in [0.05, 0.1) is 23.1 Å². The fourth-order valence-electron chi connectivity index (χ4n) is 4.03. The first kappa shape index (κ1) is 19.5. The molecule has 4 aromatic heterocycles. The van der Waals surface area contributed by atoms with Gasteiger partial charge in [0.25, 0.3) is 5.56 Å². The highest BCUT2D eigenvalue weighted by Crippen LogP contribution is 2.35. The average Bonchev–Trinajstić information content (AvgIpc) is 3.57. The van der Waals surface area contributed by atoms with Crippen molar-refractivity contribution in [3.05, 3.63) is 75.4 Å². The third kappa shape index (κ3) is 3.37. The van der Waals surface area contributed by atoms with Crippen LogP contribution in [0.2, 0.25) is 0 Å². The van der Waals surface area contributed by atoms with E-state index < -0.39 is 0 Å². The normalized spacial score (nSPS) is 13.5. The number of fused-ring (bicyclic) bond motifs is 3. The number of furan rings is 1. The molecule has 1 aromatic carbocycles. The maximum atomic E-state index is 13.7. The van der Waals surface area contributed by atoms with Crippen molar-refractivity contribution in [1.82, 2.24) is 19.7 Å². The first-order valence-electron chi connectivity index (χ1n) is 10.4. The Morgan fingerprint density at radius 1 is 1.06 bits per heavy atom. The highest BCUT2D eigenvalue weighted by molar-refractivity contribution is 7.98. The van der Waals surface area contributed by atoms with E-state index in [-0.39, 0.29) is 5.56 Å². The fourth-order valence-corrected chi connectivity index (χ4v) is 6.19. The monoisotopic (exact) mass is 462 g/mol. The molecule has 0 aliphatic heterocycles. The molecule has 4 heterocycles. The molecule has 0 amide bonds. The highest BCUT2D eigenvalue weighted by Gasteiger charge is 2.23. The van der Waals surface area contributed by atoms with Gasteiger partial charge in [-0.2, -0.15) is 4.98 Å². The van der Waals surface area contributed by atoms with Gasteiger partial charge in [0.15, 0.2) is 10.9 Å². The summed E-state index contributed by atoms with van der Waals surface area (Å²) in [6.07, 6.45) is 5.84. The molecule has 0 unspecified atom stereocenters. The van der Waals surface area contributed by atoms with Crippen molar-refractivity contribution >= 4 is 33.3 Å². The lowest BCUT2D eigenvalue weighted by molar-refractivity contribution is 0.390. The van der Waals surface area contributed by atoms with Gasteiger partial charge in [-0.05, 0) is 55.5 Å². The molecule has 0 fully saturated rings. The Kier molecular flexibility index (Phi) is 4.92. The Hall–Kier alpha value is -3.17. The van der Waals surface area contributed by atoms with E-state index in [4.69, 9.17) is 13.9 Å². The molecule has 1 aliphatic rings. The number of para-hydroxylation sites is 1. The first-order valence-corrected chi connectivity index (χ1v) is 12.2. The summed E-state index contributed by atoms with van der Waals surface area (Å²) < 4.78 is 12.4. The topological polar surface area (TPSA) is 86.9 Å². The van der Waals surface area contributed by atoms with E-state index in [2.05, 4.69) is 10.1 Å². The standard InChI is InChI=1S/C23H18N4O3S2/c28-22-19-15-9-4-5-11-17(15)32-21(19)25-23(27(22)14-7-2-1-3-8-14)31-13-18-24-20(26-30-18)16-10-6-12-29-16/h1-3,6-8,10,12H,4-5,9,11,13H2. The van der Waals surface area contributed by atoms with Gasteiger partial charge in [-0.3, -0.25) is 9.36 Å². The van der Waals surface area contributed by atoms with Crippen LogP contribution in [0.3, 0.4) is 0 Å². The van der Waals surface area contributed by atoms with Gasteiger partial charge in [-0.15, -0.1) is 11.3 Å². The number of thiophene rings is 1. The Balaban J connectivity index is 1.42. The van der Waals surface area contributed by atoms with Crippen molar-refractivity contribution in [1.29, 1.82) is 0 Å². The van der Waals surface area contributed by atoms with Crippen molar-refractivity contribution in [3.8, 4) is 17.3 Å². The number of nitrogens with zero attached hydrogens (tertiary/aromatic N) is 4. The predicted octanol–water partition coefficient (Wildman–Crippen LogP) is 5.26. The van der Waals surface area contributed by atoms with E-state index in [1.807, 2.05) is 30.3 Å². The van der Waals surface area contributed by atoms with Crippen LogP contribution in [0.5, 0.6) is 0 Å². The molecule has 5 aromatic rings. The van der Waals surface area contributed by atoms with Crippen LogP contribution in [-0.2, 0) is 18.6 Å². The average molecular weight is 463 g/mol. The minimum atomic E-state index is -0.00935. The largest absolute Gasteiger partial charge is 0.461 e. The Labute approximate surface area is 191 Å². The van der Waals surface area contributed by atoms with Crippen molar-refractivity contribution in [2.75, 3.05) is 0 Å². The molecule has 32 heavy (non-hydrogen) atoms. The summed E-state index contributed by atoms with van der Waals surface area (Å²) in [5.74, 6) is 1.79. The van der Waals surface area contributed by atoms with Gasteiger partial charge < -0.3 is 8.94 Å². The third-order valence-corrected chi connectivity index (χ3v) is 7.62. The number of hydrogen-bond donors (Lipinski definition) is 0. The number of benzene rings is 1. The van der Waals surface area contributed by atoms with Crippen LogP contribution < -0.4 is 5.56 Å². The zero-order valence-electron chi connectivity index (χ0n) is 17.0. The predicted molar refractivity (Wildman–Crippen MR) is 123 cm³/mol. The molecular formula is C23H18N4O3S2. The van der Waals surface area contributed by atoms with Crippen LogP contribution in [0.15, 0.2) is 67.6 Å². The molecule has 0 saturated carbocycles. The maximum absolute atomic E-state index is 13.7. The Morgan fingerprint density at radius 3 is 2.78 bits per heavy atom. The van der Waals surface area contributed by atoms with Crippen LogP contribution in [0.4, 0.5) is 0 Å². The summed E-state index contributed by atoms with van der Waals surface area (Å²) >= 11 is 3.07. The maximum Gasteiger partial charge on any atom is 0.267 e. The quantitative estimate of drug-likeness (QED) is 0.260. The molecule has 0 spiro atoms. The van der Waals surface area contributed by atoms with Crippen molar-refractivity contribution in [3.63, 3.8) is 0 Å². The summed E-state index contributed by atoms with van der Waals surface area (Å²) in [6.45, 7) is 0. The van der Waals surface area contributed by atoms with Crippen LogP contribution >= 0.6 is 23.1 Å². The number of rotatable bonds is 5. The Morgan fingerprint density at radius 2 is 1.94 bits per heavy atom. The summed E-state index contributed by atoms with van der Waals surface area (Å²) in [5, 5.41) is 5.37. The zero-order valence-corrected chi connectivity index (χ0v) is 18.6. The van der Waals surface area contributed by atoms with E-state index in [1.165, 1.54) is 28.6 Å². The van der Waals surface area contributed by atoms with Gasteiger partial charge in [0.1, 0.15) is 4.83 Å². The van der Waals surface area contributed by atoms with Gasteiger partial charge in [-0.25, -0.2) is 4.98 Å². The summed E-state index contributed by atoms with van der Waals surface area (Å²) in [7, 11) is 0. The Bertz CT molecular complexity index is 1450. The molecule has 160 valence electrons. The smallest absolute Gasteiger partial charge is 0.267 e. The van der Waals surface area contributed by atoms with Crippen molar-refractivity contribution in [2.24, 2.45) is 0 Å². The van der Waals surface area contributed by atoms with Crippen molar-refractivity contribution in [2.45, 2.75) is 36.6 Å². The molecular weight excluding hydrogens is 444 g/mol. The van der Waals surface area contributed by atoms with Crippen LogP contribution in [0.25, 0.3) is 27.5 Å². The van der Waals surface area contributed by atoms with E-state index in [1.54, 1.807) is 34.3 Å². The minimum Gasteiger partial charge on any atom is -0.461 e. The molecule has 0 bridgehead atoms. The zero-order chi connectivity index (χ0) is 21.5. The SMILES string of the molecule is O=c1c2c3c(sc2nc(SCc2nc(-c4ccco4)no2)n1-c1ccccc1)CCCC3. The second-order valence-electron chi connectivity index (χ2n) is 7.54. The molecule has 7 nitrogen and oxygen atoms in total. The second-order valence-corrected chi connectivity index (χ2v) is 9.57. The van der Waals surface area contributed by atoms with Crippen LogP contribution in [-0.4, -0.2) is 19.7 Å². The first-order chi connectivity index (χ1) is 15.8. The molecule has 6 rings (SSSR count). The third-order valence-electron chi connectivity index (χ3n) is 5.51. The summed E-state index contributed by atoms with van der Waals surface area (Å²) in [5.41, 5.74) is 1.98. The molecule has 0 radical (unpaired) electrons. The highest BCUT2D eigenvalue weighted by atomic mass is 32.2. The lowest BCUT2D eigenvalue weighted by Crippen LogP contribution is -2.22. The van der Waals surface area contributed by atoms with Gasteiger partial charge >= 0.3 is 0 Å². The fraction of sp³-hybridized carbons (Fsp3) is 0.217. The van der Waals surface area contributed by atoms with Crippen molar-refractivity contribution < 1.29 is 8.94 Å². The number of hydrogen-bond acceptors (Lipinski definition) is 8. The molecule has 0 saturated heterocycles. The number of aromatic nitrogens is 4. The van der Waals surface area contributed by atoms with Gasteiger partial charge in [0.2, 0.25) is 11.7 Å². The second kappa shape index (κ2) is 8.07.